The summed E-state index contributed by atoms with van der Waals surface area (Å²) in [5.41, 5.74) is 1.93. The topological polar surface area (TPSA) is 40.2 Å². The van der Waals surface area contributed by atoms with E-state index in [-0.39, 0.29) is 0 Å². The van der Waals surface area contributed by atoms with Gasteiger partial charge in [0.05, 0.1) is 0 Å². The molecule has 0 saturated carbocycles. The van der Waals surface area contributed by atoms with E-state index in [0.29, 0.717) is 0 Å². The van der Waals surface area contributed by atoms with Crippen molar-refractivity contribution in [2.75, 3.05) is 14.1 Å². The Hall–Kier alpha value is -2.89. The number of fused-ring (bicyclic) bond motifs is 1. The Kier molecular flexibility index (Phi) is 6.93. The first-order chi connectivity index (χ1) is 18.9. The van der Waals surface area contributed by atoms with Gasteiger partial charge in [-0.15, -0.1) is 0 Å². The van der Waals surface area contributed by atoms with Crippen LogP contribution in [0.4, 0.5) is 0 Å². The van der Waals surface area contributed by atoms with Crippen molar-refractivity contribution in [2.24, 2.45) is 0 Å². The van der Waals surface area contributed by atoms with Crippen LogP contribution in [-0.2, 0) is 29.7 Å². The van der Waals surface area contributed by atoms with E-state index in [1.807, 2.05) is 105 Å². The van der Waals surface area contributed by atoms with E-state index in [1.54, 1.807) is 0 Å². The Morgan fingerprint density at radius 1 is 0.513 bits per heavy atom. The van der Waals surface area contributed by atoms with Crippen LogP contribution in [0.5, 0.6) is 0 Å². The summed E-state index contributed by atoms with van der Waals surface area (Å²) in [4.78, 5) is 0. The Balaban J connectivity index is 1.71. The maximum absolute atomic E-state index is 7.30. The highest BCUT2D eigenvalue weighted by Gasteiger charge is 2.67. The SMILES string of the molecule is CN(C)P1OC(c2ccccc2)(c2ccccc2)[C@H]2OC(C)(C)O[C@@H]2C(c2ccccc2)(c2ccccc2)O1. The molecule has 2 saturated heterocycles. The van der Waals surface area contributed by atoms with Gasteiger partial charge < -0.3 is 18.5 Å². The predicted molar refractivity (Wildman–Crippen MR) is 154 cm³/mol. The van der Waals surface area contributed by atoms with Crippen molar-refractivity contribution in [3.63, 3.8) is 0 Å². The zero-order valence-electron chi connectivity index (χ0n) is 22.7. The number of benzene rings is 4. The normalized spacial score (nSPS) is 23.7. The predicted octanol–water partition coefficient (Wildman–Crippen LogP) is 7.23. The van der Waals surface area contributed by atoms with Crippen molar-refractivity contribution in [1.29, 1.82) is 0 Å². The summed E-state index contributed by atoms with van der Waals surface area (Å²) in [6.45, 7) is 3.94. The summed E-state index contributed by atoms with van der Waals surface area (Å²) in [5.74, 6) is -0.885. The van der Waals surface area contributed by atoms with Crippen molar-refractivity contribution in [1.82, 2.24) is 4.67 Å². The third kappa shape index (κ3) is 4.44. The van der Waals surface area contributed by atoms with Gasteiger partial charge in [0.2, 0.25) is 0 Å². The van der Waals surface area contributed by atoms with Crippen LogP contribution in [0.2, 0.25) is 0 Å². The molecule has 4 aromatic rings. The van der Waals surface area contributed by atoms with Crippen LogP contribution in [-0.4, -0.2) is 36.8 Å². The molecule has 2 fully saturated rings. The highest BCUT2D eigenvalue weighted by molar-refractivity contribution is 7.44. The van der Waals surface area contributed by atoms with Crippen LogP contribution in [0.15, 0.2) is 121 Å². The zero-order valence-corrected chi connectivity index (χ0v) is 23.6. The number of hydrogen-bond acceptors (Lipinski definition) is 5. The molecule has 2 atom stereocenters. The van der Waals surface area contributed by atoms with Gasteiger partial charge >= 0.3 is 0 Å². The Bertz CT molecular complexity index is 1200. The molecule has 4 aromatic carbocycles. The van der Waals surface area contributed by atoms with Crippen molar-refractivity contribution >= 4 is 8.53 Å². The smallest absolute Gasteiger partial charge is 0.260 e. The van der Waals surface area contributed by atoms with E-state index in [9.17, 15) is 0 Å². The molecule has 39 heavy (non-hydrogen) atoms. The quantitative estimate of drug-likeness (QED) is 0.250. The van der Waals surface area contributed by atoms with E-state index in [2.05, 4.69) is 48.5 Å². The lowest BCUT2D eigenvalue weighted by atomic mass is 9.72. The Morgan fingerprint density at radius 2 is 0.795 bits per heavy atom. The molecule has 0 amide bonds. The zero-order chi connectivity index (χ0) is 27.1. The first kappa shape index (κ1) is 26.3. The summed E-state index contributed by atoms with van der Waals surface area (Å²) in [6.07, 6.45) is -1.10. The fraction of sp³-hybridized carbons (Fsp3) is 0.273. The molecule has 0 unspecified atom stereocenters. The molecule has 5 nitrogen and oxygen atoms in total. The van der Waals surface area contributed by atoms with Crippen LogP contribution in [0.1, 0.15) is 36.1 Å². The van der Waals surface area contributed by atoms with Crippen LogP contribution in [0, 0.1) is 0 Å². The molecule has 0 radical (unpaired) electrons. The minimum Gasteiger partial charge on any atom is -0.341 e. The average Bonchev–Trinajstić information content (AvgIpc) is 3.24. The van der Waals surface area contributed by atoms with Gasteiger partial charge in [-0.2, -0.15) is 0 Å². The molecule has 6 rings (SSSR count). The molecule has 0 spiro atoms. The molecule has 0 bridgehead atoms. The van der Waals surface area contributed by atoms with Gasteiger partial charge in [0.25, 0.3) is 8.53 Å². The van der Waals surface area contributed by atoms with E-state index >= 15 is 0 Å². The molecular formula is C33H34NO4P. The van der Waals surface area contributed by atoms with Gasteiger partial charge in [-0.05, 0) is 50.2 Å². The van der Waals surface area contributed by atoms with Crippen molar-refractivity contribution in [3.05, 3.63) is 144 Å². The van der Waals surface area contributed by atoms with Gasteiger partial charge in [-0.1, -0.05) is 121 Å². The fourth-order valence-electron chi connectivity index (χ4n) is 5.83. The van der Waals surface area contributed by atoms with Crippen molar-refractivity contribution in [3.8, 4) is 0 Å². The third-order valence-electron chi connectivity index (χ3n) is 7.48. The first-order valence-electron chi connectivity index (χ1n) is 13.3. The third-order valence-corrected chi connectivity index (χ3v) is 9.02. The molecular weight excluding hydrogens is 505 g/mol. The summed E-state index contributed by atoms with van der Waals surface area (Å²) in [6, 6.07) is 41.4. The molecule has 0 aromatic heterocycles. The Labute approximate surface area is 232 Å². The first-order valence-corrected chi connectivity index (χ1v) is 14.4. The molecule has 2 aliphatic heterocycles. The van der Waals surface area contributed by atoms with E-state index in [4.69, 9.17) is 18.5 Å². The van der Waals surface area contributed by atoms with E-state index in [0.717, 1.165) is 22.3 Å². The van der Waals surface area contributed by atoms with E-state index < -0.39 is 37.7 Å². The number of ether oxygens (including phenoxy) is 2. The van der Waals surface area contributed by atoms with Crippen molar-refractivity contribution < 1.29 is 18.5 Å². The number of rotatable bonds is 5. The lowest BCUT2D eigenvalue weighted by molar-refractivity contribution is -0.175. The van der Waals surface area contributed by atoms with Gasteiger partial charge in [-0.25, -0.2) is 4.67 Å². The molecule has 2 heterocycles. The molecule has 6 heteroatoms. The molecule has 200 valence electrons. The maximum atomic E-state index is 7.30. The van der Waals surface area contributed by atoms with Crippen LogP contribution in [0.3, 0.4) is 0 Å². The van der Waals surface area contributed by atoms with Crippen molar-refractivity contribution in [2.45, 2.75) is 43.0 Å². The van der Waals surface area contributed by atoms with Crippen LogP contribution < -0.4 is 0 Å². The summed E-state index contributed by atoms with van der Waals surface area (Å²) in [5, 5.41) is 0. The molecule has 0 N–H and O–H groups in total. The summed E-state index contributed by atoms with van der Waals surface area (Å²) >= 11 is 0. The molecule has 2 aliphatic rings. The lowest BCUT2D eigenvalue weighted by Gasteiger charge is -2.41. The van der Waals surface area contributed by atoms with Crippen LogP contribution >= 0.6 is 8.53 Å². The monoisotopic (exact) mass is 539 g/mol. The fourth-order valence-corrected chi connectivity index (χ4v) is 7.32. The highest BCUT2D eigenvalue weighted by Crippen LogP contribution is 2.65. The highest BCUT2D eigenvalue weighted by atomic mass is 31.2. The summed E-state index contributed by atoms with van der Waals surface area (Å²) in [7, 11) is 2.39. The Morgan fingerprint density at radius 3 is 1.05 bits per heavy atom. The number of hydrogen-bond donors (Lipinski definition) is 0. The maximum Gasteiger partial charge on any atom is 0.260 e. The second-order valence-electron chi connectivity index (χ2n) is 10.7. The minimum absolute atomic E-state index is 0.551. The largest absolute Gasteiger partial charge is 0.341 e. The van der Waals surface area contributed by atoms with Gasteiger partial charge in [0.15, 0.2) is 17.0 Å². The van der Waals surface area contributed by atoms with Gasteiger partial charge in [-0.3, -0.25) is 0 Å². The number of nitrogens with zero attached hydrogens (tertiary/aromatic N) is 1. The second kappa shape index (κ2) is 10.3. The lowest BCUT2D eigenvalue weighted by Crippen LogP contribution is -2.53. The standard InChI is InChI=1S/C33H34NO4P/c1-31(2)35-29-30(36-31)33(27-21-13-7-14-22-27,28-23-15-8-16-24-28)38-39(34(3)4)37-32(29,25-17-9-5-10-18-25)26-19-11-6-12-20-26/h5-24,29-30H,1-4H3/t29-,30-/m0/s1. The van der Waals surface area contributed by atoms with Crippen LogP contribution in [0.25, 0.3) is 0 Å². The van der Waals surface area contributed by atoms with E-state index in [1.165, 1.54) is 0 Å². The summed E-state index contributed by atoms with van der Waals surface area (Å²) < 4.78 is 30.5. The molecule has 0 aliphatic carbocycles. The minimum atomic E-state index is -1.61. The van der Waals surface area contributed by atoms with Gasteiger partial charge in [0.1, 0.15) is 12.2 Å². The second-order valence-corrected chi connectivity index (χ2v) is 12.3. The van der Waals surface area contributed by atoms with Gasteiger partial charge in [0, 0.05) is 0 Å². The average molecular weight is 540 g/mol.